The average Bonchev–Trinajstić information content (AvgIpc) is 2.66. The molecule has 0 heterocycles. The minimum atomic E-state index is -0.568. The summed E-state index contributed by atoms with van der Waals surface area (Å²) in [6.45, 7) is 4.08. The van der Waals surface area contributed by atoms with Crippen LogP contribution in [-0.4, -0.2) is 25.1 Å². The van der Waals surface area contributed by atoms with Gasteiger partial charge in [-0.3, -0.25) is 4.79 Å². The van der Waals surface area contributed by atoms with Gasteiger partial charge in [0.2, 0.25) is 0 Å². The SMILES string of the molecule is CCOc1ccc(C=CC(=O)OCC(=O)NC(C)c2ccccc2)cc1. The molecule has 136 valence electrons. The summed E-state index contributed by atoms with van der Waals surface area (Å²) in [7, 11) is 0. The summed E-state index contributed by atoms with van der Waals surface area (Å²) in [5.74, 6) is -0.137. The predicted molar refractivity (Wildman–Crippen MR) is 101 cm³/mol. The lowest BCUT2D eigenvalue weighted by molar-refractivity contribution is -0.144. The zero-order valence-electron chi connectivity index (χ0n) is 15.0. The number of rotatable bonds is 8. The van der Waals surface area contributed by atoms with E-state index in [0.29, 0.717) is 6.61 Å². The second-order valence-electron chi connectivity index (χ2n) is 5.64. The van der Waals surface area contributed by atoms with Crippen LogP contribution in [0, 0.1) is 0 Å². The molecular formula is C21H23NO4. The van der Waals surface area contributed by atoms with E-state index < -0.39 is 5.97 Å². The van der Waals surface area contributed by atoms with Crippen LogP contribution < -0.4 is 10.1 Å². The molecule has 2 rings (SSSR count). The molecule has 1 atom stereocenters. The van der Waals surface area contributed by atoms with Crippen molar-refractivity contribution in [3.8, 4) is 5.75 Å². The molecule has 0 saturated heterocycles. The van der Waals surface area contributed by atoms with E-state index in [1.807, 2.05) is 68.4 Å². The standard InChI is InChI=1S/C21H23NO4/c1-3-25-19-12-9-17(10-13-19)11-14-21(24)26-15-20(23)22-16(2)18-7-5-4-6-8-18/h4-14,16H,3,15H2,1-2H3,(H,22,23). The monoisotopic (exact) mass is 353 g/mol. The van der Waals surface area contributed by atoms with Gasteiger partial charge in [-0.25, -0.2) is 4.79 Å². The molecule has 0 spiro atoms. The second-order valence-corrected chi connectivity index (χ2v) is 5.64. The topological polar surface area (TPSA) is 64.6 Å². The number of ether oxygens (including phenoxy) is 2. The maximum atomic E-state index is 11.9. The van der Waals surface area contributed by atoms with Gasteiger partial charge in [-0.1, -0.05) is 42.5 Å². The maximum absolute atomic E-state index is 11.9. The Kier molecular flexibility index (Phi) is 7.43. The van der Waals surface area contributed by atoms with Crippen LogP contribution in [0.4, 0.5) is 0 Å². The third-order valence-electron chi connectivity index (χ3n) is 3.63. The van der Waals surface area contributed by atoms with Gasteiger partial charge in [-0.2, -0.15) is 0 Å². The molecule has 1 amide bonds. The predicted octanol–water partition coefficient (Wildman–Crippen LogP) is 3.52. The van der Waals surface area contributed by atoms with E-state index in [1.165, 1.54) is 6.08 Å². The van der Waals surface area contributed by atoms with Crippen LogP contribution in [0.1, 0.15) is 31.0 Å². The quantitative estimate of drug-likeness (QED) is 0.582. The van der Waals surface area contributed by atoms with Crippen molar-refractivity contribution in [1.82, 2.24) is 5.32 Å². The number of hydrogen-bond donors (Lipinski definition) is 1. The van der Waals surface area contributed by atoms with E-state index in [2.05, 4.69) is 5.32 Å². The van der Waals surface area contributed by atoms with Crippen LogP contribution in [0.5, 0.6) is 5.75 Å². The van der Waals surface area contributed by atoms with Crippen molar-refractivity contribution in [2.24, 2.45) is 0 Å². The second kappa shape index (κ2) is 10.0. The Hall–Kier alpha value is -3.08. The summed E-state index contributed by atoms with van der Waals surface area (Å²) < 4.78 is 10.3. The fraction of sp³-hybridized carbons (Fsp3) is 0.238. The van der Waals surface area contributed by atoms with E-state index in [-0.39, 0.29) is 18.6 Å². The Morgan fingerprint density at radius 2 is 1.77 bits per heavy atom. The van der Waals surface area contributed by atoms with Crippen LogP contribution in [0.15, 0.2) is 60.7 Å². The minimum Gasteiger partial charge on any atom is -0.494 e. The molecule has 0 fully saturated rings. The van der Waals surface area contributed by atoms with Crippen molar-refractivity contribution in [1.29, 1.82) is 0 Å². The molecule has 0 saturated carbocycles. The van der Waals surface area contributed by atoms with E-state index in [9.17, 15) is 9.59 Å². The van der Waals surface area contributed by atoms with Crippen molar-refractivity contribution < 1.29 is 19.1 Å². The Bertz CT molecular complexity index is 738. The molecule has 0 aliphatic rings. The smallest absolute Gasteiger partial charge is 0.331 e. The summed E-state index contributed by atoms with van der Waals surface area (Å²) in [5, 5.41) is 2.79. The maximum Gasteiger partial charge on any atom is 0.331 e. The number of esters is 1. The van der Waals surface area contributed by atoms with E-state index in [1.54, 1.807) is 6.08 Å². The van der Waals surface area contributed by atoms with E-state index >= 15 is 0 Å². The summed E-state index contributed by atoms with van der Waals surface area (Å²) in [6.07, 6.45) is 2.92. The molecule has 2 aromatic carbocycles. The first kappa shape index (κ1) is 19.2. The number of amides is 1. The normalized spacial score (nSPS) is 11.8. The number of nitrogens with one attached hydrogen (secondary N) is 1. The fourth-order valence-electron chi connectivity index (χ4n) is 2.30. The summed E-state index contributed by atoms with van der Waals surface area (Å²) in [6, 6.07) is 16.8. The molecule has 0 aliphatic carbocycles. The molecule has 1 unspecified atom stereocenters. The van der Waals surface area contributed by atoms with Crippen molar-refractivity contribution in [3.05, 3.63) is 71.8 Å². The molecule has 26 heavy (non-hydrogen) atoms. The van der Waals surface area contributed by atoms with Gasteiger partial charge < -0.3 is 14.8 Å². The van der Waals surface area contributed by atoms with Gasteiger partial charge >= 0.3 is 5.97 Å². The summed E-state index contributed by atoms with van der Waals surface area (Å²) in [4.78, 5) is 23.6. The lowest BCUT2D eigenvalue weighted by atomic mass is 10.1. The van der Waals surface area contributed by atoms with Crippen molar-refractivity contribution in [2.45, 2.75) is 19.9 Å². The number of carbonyl (C=O) groups is 2. The van der Waals surface area contributed by atoms with Crippen molar-refractivity contribution >= 4 is 18.0 Å². The van der Waals surface area contributed by atoms with Crippen molar-refractivity contribution in [3.63, 3.8) is 0 Å². The van der Waals surface area contributed by atoms with Crippen molar-refractivity contribution in [2.75, 3.05) is 13.2 Å². The highest BCUT2D eigenvalue weighted by atomic mass is 16.5. The Morgan fingerprint density at radius 1 is 1.08 bits per heavy atom. The number of hydrogen-bond acceptors (Lipinski definition) is 4. The molecule has 0 aliphatic heterocycles. The van der Waals surface area contributed by atoms with Gasteiger partial charge in [0.05, 0.1) is 12.6 Å². The first-order valence-electron chi connectivity index (χ1n) is 8.50. The lowest BCUT2D eigenvalue weighted by Gasteiger charge is -2.13. The van der Waals surface area contributed by atoms with Crippen LogP contribution in [-0.2, 0) is 14.3 Å². The first-order chi connectivity index (χ1) is 12.6. The largest absolute Gasteiger partial charge is 0.494 e. The van der Waals surface area contributed by atoms with E-state index in [0.717, 1.165) is 16.9 Å². The molecule has 0 aromatic heterocycles. The van der Waals surface area contributed by atoms with Gasteiger partial charge in [0.1, 0.15) is 5.75 Å². The molecule has 0 radical (unpaired) electrons. The van der Waals surface area contributed by atoms with Crippen LogP contribution >= 0.6 is 0 Å². The third kappa shape index (κ3) is 6.43. The summed E-state index contributed by atoms with van der Waals surface area (Å²) >= 11 is 0. The molecule has 5 heteroatoms. The zero-order valence-corrected chi connectivity index (χ0v) is 15.0. The van der Waals surface area contributed by atoms with Gasteiger partial charge in [-0.15, -0.1) is 0 Å². The molecule has 1 N–H and O–H groups in total. The molecule has 2 aromatic rings. The molecule has 5 nitrogen and oxygen atoms in total. The minimum absolute atomic E-state index is 0.151. The lowest BCUT2D eigenvalue weighted by Crippen LogP contribution is -2.30. The van der Waals surface area contributed by atoms with Gasteiger partial charge in [-0.05, 0) is 43.2 Å². The highest BCUT2D eigenvalue weighted by Gasteiger charge is 2.10. The zero-order chi connectivity index (χ0) is 18.8. The average molecular weight is 353 g/mol. The third-order valence-corrected chi connectivity index (χ3v) is 3.63. The first-order valence-corrected chi connectivity index (χ1v) is 8.50. The highest BCUT2D eigenvalue weighted by molar-refractivity contribution is 5.89. The van der Waals surface area contributed by atoms with Gasteiger partial charge in [0.25, 0.3) is 5.91 Å². The Balaban J connectivity index is 1.76. The van der Waals surface area contributed by atoms with Crippen LogP contribution in [0.3, 0.4) is 0 Å². The number of carbonyl (C=O) groups excluding carboxylic acids is 2. The fourth-order valence-corrected chi connectivity index (χ4v) is 2.30. The molecular weight excluding hydrogens is 330 g/mol. The van der Waals surface area contributed by atoms with Gasteiger partial charge in [0, 0.05) is 6.08 Å². The Labute approximate surface area is 153 Å². The molecule has 0 bridgehead atoms. The van der Waals surface area contributed by atoms with E-state index in [4.69, 9.17) is 9.47 Å². The van der Waals surface area contributed by atoms with Crippen LogP contribution in [0.25, 0.3) is 6.08 Å². The number of benzene rings is 2. The van der Waals surface area contributed by atoms with Crippen LogP contribution in [0.2, 0.25) is 0 Å². The van der Waals surface area contributed by atoms with Gasteiger partial charge in [0.15, 0.2) is 6.61 Å². The Morgan fingerprint density at radius 3 is 2.42 bits per heavy atom. The summed E-state index contributed by atoms with van der Waals surface area (Å²) in [5.41, 5.74) is 1.83. The highest BCUT2D eigenvalue weighted by Crippen LogP contribution is 2.13.